The highest BCUT2D eigenvalue weighted by Crippen LogP contribution is 2.13. The molecular formula is C14H24N2O6. The number of imide groups is 1. The number of rotatable bonds is 11. The lowest BCUT2D eigenvalue weighted by Crippen LogP contribution is -2.32. The van der Waals surface area contributed by atoms with Crippen LogP contribution in [0.2, 0.25) is 0 Å². The first-order valence-corrected chi connectivity index (χ1v) is 7.49. The molecule has 126 valence electrons. The smallest absolute Gasteiger partial charge is 0.333 e. The fourth-order valence-electron chi connectivity index (χ4n) is 2.02. The zero-order chi connectivity index (χ0) is 16.4. The van der Waals surface area contributed by atoms with Gasteiger partial charge in [0.15, 0.2) is 0 Å². The number of amides is 2. The van der Waals surface area contributed by atoms with Gasteiger partial charge in [-0.25, -0.2) is 4.79 Å². The molecule has 2 N–H and O–H groups in total. The van der Waals surface area contributed by atoms with E-state index in [9.17, 15) is 19.5 Å². The van der Waals surface area contributed by atoms with Crippen LogP contribution in [0.4, 0.5) is 0 Å². The summed E-state index contributed by atoms with van der Waals surface area (Å²) in [5, 5.41) is 13.1. The normalized spacial score (nSPS) is 16.2. The average molecular weight is 316 g/mol. The van der Waals surface area contributed by atoms with Crippen LogP contribution in [0.1, 0.15) is 38.5 Å². The number of unbranched alkanes of at least 4 members (excludes halogenated alkanes) is 2. The second-order valence-electron chi connectivity index (χ2n) is 5.17. The van der Waals surface area contributed by atoms with Gasteiger partial charge in [0, 0.05) is 32.9 Å². The van der Waals surface area contributed by atoms with Crippen LogP contribution in [0.3, 0.4) is 0 Å². The van der Waals surface area contributed by atoms with Crippen LogP contribution in [0.15, 0.2) is 0 Å². The molecule has 1 saturated heterocycles. The highest BCUT2D eigenvalue weighted by atomic mass is 16.7. The number of aliphatic hydroxyl groups excluding tert-OH is 1. The number of aliphatic hydroxyl groups is 1. The second-order valence-corrected chi connectivity index (χ2v) is 5.17. The van der Waals surface area contributed by atoms with Gasteiger partial charge < -0.3 is 20.0 Å². The number of carbonyl (C=O) groups excluding carboxylic acids is 3. The number of nitrogens with one attached hydrogen (secondary N) is 1. The Morgan fingerprint density at radius 3 is 2.59 bits per heavy atom. The van der Waals surface area contributed by atoms with Crippen molar-refractivity contribution in [3.05, 3.63) is 0 Å². The van der Waals surface area contributed by atoms with Gasteiger partial charge in [-0.1, -0.05) is 6.42 Å². The van der Waals surface area contributed by atoms with E-state index in [0.717, 1.165) is 19.4 Å². The van der Waals surface area contributed by atoms with Crippen molar-refractivity contribution in [1.29, 1.82) is 0 Å². The van der Waals surface area contributed by atoms with E-state index in [-0.39, 0.29) is 19.3 Å². The Labute approximate surface area is 129 Å². The molecule has 8 heteroatoms. The minimum atomic E-state index is -0.563. The van der Waals surface area contributed by atoms with Crippen molar-refractivity contribution in [1.82, 2.24) is 10.4 Å². The summed E-state index contributed by atoms with van der Waals surface area (Å²) in [6, 6.07) is 0. The van der Waals surface area contributed by atoms with Gasteiger partial charge in [-0.15, -0.1) is 5.06 Å². The van der Waals surface area contributed by atoms with Gasteiger partial charge >= 0.3 is 5.97 Å². The number of ether oxygens (including phenoxy) is 1. The number of methoxy groups -OCH3 is 1. The highest BCUT2D eigenvalue weighted by molar-refractivity contribution is 6.01. The van der Waals surface area contributed by atoms with E-state index < -0.39 is 23.9 Å². The largest absolute Gasteiger partial charge is 0.389 e. The highest BCUT2D eigenvalue weighted by Gasteiger charge is 2.32. The maximum absolute atomic E-state index is 11.5. The van der Waals surface area contributed by atoms with Crippen molar-refractivity contribution in [2.45, 2.75) is 44.6 Å². The molecule has 22 heavy (non-hydrogen) atoms. The maximum Gasteiger partial charge on any atom is 0.333 e. The molecule has 1 aliphatic rings. The standard InChI is InChI=1S/C14H24N2O6/c1-21-10-11(17)9-15-8-4-2-3-5-14(20)22-16-12(18)6-7-13(16)19/h11,15,17H,2-10H2,1H3. The zero-order valence-electron chi connectivity index (χ0n) is 12.9. The number of carbonyl (C=O) groups is 3. The first-order chi connectivity index (χ1) is 10.5. The van der Waals surface area contributed by atoms with Gasteiger partial charge in [0.2, 0.25) is 0 Å². The zero-order valence-corrected chi connectivity index (χ0v) is 12.9. The molecule has 0 bridgehead atoms. The first-order valence-electron chi connectivity index (χ1n) is 7.49. The van der Waals surface area contributed by atoms with Crippen molar-refractivity contribution >= 4 is 17.8 Å². The summed E-state index contributed by atoms with van der Waals surface area (Å²) in [5.74, 6) is -1.48. The third-order valence-corrected chi connectivity index (χ3v) is 3.17. The first kappa shape index (κ1) is 18.5. The summed E-state index contributed by atoms with van der Waals surface area (Å²) in [5.41, 5.74) is 0. The van der Waals surface area contributed by atoms with E-state index in [1.807, 2.05) is 0 Å². The second kappa shape index (κ2) is 10.3. The summed E-state index contributed by atoms with van der Waals surface area (Å²) in [6.45, 7) is 1.50. The molecule has 1 fully saturated rings. The summed E-state index contributed by atoms with van der Waals surface area (Å²) < 4.78 is 4.80. The van der Waals surface area contributed by atoms with Crippen LogP contribution in [0.5, 0.6) is 0 Å². The predicted molar refractivity (Wildman–Crippen MR) is 76.4 cm³/mol. The summed E-state index contributed by atoms with van der Waals surface area (Å²) >= 11 is 0. The number of nitrogens with zero attached hydrogens (tertiary/aromatic N) is 1. The molecule has 1 aliphatic heterocycles. The van der Waals surface area contributed by atoms with E-state index in [1.165, 1.54) is 7.11 Å². The van der Waals surface area contributed by atoms with Crippen LogP contribution < -0.4 is 5.32 Å². The lowest BCUT2D eigenvalue weighted by atomic mass is 10.2. The molecular weight excluding hydrogens is 292 g/mol. The molecule has 0 aromatic carbocycles. The lowest BCUT2D eigenvalue weighted by molar-refractivity contribution is -0.197. The molecule has 8 nitrogen and oxygen atoms in total. The fraction of sp³-hybridized carbons (Fsp3) is 0.786. The summed E-state index contributed by atoms with van der Waals surface area (Å²) in [6.07, 6.45) is 2.15. The van der Waals surface area contributed by atoms with E-state index >= 15 is 0 Å². The Hall–Kier alpha value is -1.51. The van der Waals surface area contributed by atoms with Crippen molar-refractivity contribution in [3.8, 4) is 0 Å². The molecule has 1 atom stereocenters. The van der Waals surface area contributed by atoms with E-state index in [0.29, 0.717) is 24.6 Å². The van der Waals surface area contributed by atoms with Gasteiger partial charge in [-0.05, 0) is 19.4 Å². The molecule has 1 unspecified atom stereocenters. The quantitative estimate of drug-likeness (QED) is 0.400. The maximum atomic E-state index is 11.5. The van der Waals surface area contributed by atoms with Crippen LogP contribution in [-0.4, -0.2) is 60.9 Å². The predicted octanol–water partition coefficient (Wildman–Crippen LogP) is -0.249. The Kier molecular flexibility index (Phi) is 8.64. The van der Waals surface area contributed by atoms with Gasteiger partial charge in [0.25, 0.3) is 11.8 Å². The van der Waals surface area contributed by atoms with E-state index in [4.69, 9.17) is 9.57 Å². The van der Waals surface area contributed by atoms with Gasteiger partial charge in [0.05, 0.1) is 12.7 Å². The van der Waals surface area contributed by atoms with Crippen molar-refractivity contribution < 1.29 is 29.1 Å². The Morgan fingerprint density at radius 2 is 1.95 bits per heavy atom. The molecule has 0 spiro atoms. The Bertz CT molecular complexity index is 372. The number of hydrogen-bond donors (Lipinski definition) is 2. The minimum absolute atomic E-state index is 0.104. The van der Waals surface area contributed by atoms with Crippen LogP contribution in [-0.2, 0) is 24.0 Å². The SMILES string of the molecule is COCC(O)CNCCCCCC(=O)ON1C(=O)CCC1=O. The molecule has 0 saturated carbocycles. The summed E-state index contributed by atoms with van der Waals surface area (Å²) in [4.78, 5) is 38.8. The van der Waals surface area contributed by atoms with Crippen LogP contribution >= 0.6 is 0 Å². The Morgan fingerprint density at radius 1 is 1.27 bits per heavy atom. The minimum Gasteiger partial charge on any atom is -0.389 e. The molecule has 2 amide bonds. The molecule has 0 aliphatic carbocycles. The molecule has 0 aromatic heterocycles. The molecule has 0 radical (unpaired) electrons. The van der Waals surface area contributed by atoms with Gasteiger partial charge in [-0.2, -0.15) is 0 Å². The third-order valence-electron chi connectivity index (χ3n) is 3.17. The fourth-order valence-corrected chi connectivity index (χ4v) is 2.02. The van der Waals surface area contributed by atoms with E-state index in [2.05, 4.69) is 5.32 Å². The number of hydroxylamine groups is 2. The molecule has 1 rings (SSSR count). The van der Waals surface area contributed by atoms with Crippen LogP contribution in [0.25, 0.3) is 0 Å². The monoisotopic (exact) mass is 316 g/mol. The number of hydrogen-bond acceptors (Lipinski definition) is 7. The van der Waals surface area contributed by atoms with Crippen molar-refractivity contribution in [3.63, 3.8) is 0 Å². The average Bonchev–Trinajstić information content (AvgIpc) is 2.78. The third kappa shape index (κ3) is 6.97. The lowest BCUT2D eigenvalue weighted by Gasteiger charge is -2.12. The molecule has 0 aromatic rings. The molecule has 1 heterocycles. The van der Waals surface area contributed by atoms with Gasteiger partial charge in [-0.3, -0.25) is 9.59 Å². The van der Waals surface area contributed by atoms with Gasteiger partial charge in [0.1, 0.15) is 0 Å². The van der Waals surface area contributed by atoms with Crippen molar-refractivity contribution in [2.75, 3.05) is 26.8 Å². The summed E-state index contributed by atoms with van der Waals surface area (Å²) in [7, 11) is 1.53. The topological polar surface area (TPSA) is 105 Å². The van der Waals surface area contributed by atoms with E-state index in [1.54, 1.807) is 0 Å². The Balaban J connectivity index is 1.99. The van der Waals surface area contributed by atoms with Crippen LogP contribution in [0, 0.1) is 0 Å². The van der Waals surface area contributed by atoms with Crippen molar-refractivity contribution in [2.24, 2.45) is 0 Å².